The maximum atomic E-state index is 13.0. The van der Waals surface area contributed by atoms with E-state index in [-0.39, 0.29) is 29.2 Å². The molecule has 0 radical (unpaired) electrons. The highest BCUT2D eigenvalue weighted by atomic mass is 79.9. The second-order valence-electron chi connectivity index (χ2n) is 8.00. The molecule has 0 aromatic heterocycles. The van der Waals surface area contributed by atoms with Gasteiger partial charge in [0.1, 0.15) is 6.04 Å². The minimum atomic E-state index is -0.387. The number of nitrogens with one attached hydrogen (secondary N) is 1. The zero-order valence-electron chi connectivity index (χ0n) is 16.2. The predicted molar refractivity (Wildman–Crippen MR) is 108 cm³/mol. The molecule has 2 aliphatic heterocycles. The Morgan fingerprint density at radius 1 is 1.26 bits per heavy atom. The first kappa shape index (κ1) is 20.3. The lowest BCUT2D eigenvalue weighted by molar-refractivity contribution is -0.139. The van der Waals surface area contributed by atoms with Crippen LogP contribution in [0.25, 0.3) is 0 Å². The number of benzene rings is 1. The van der Waals surface area contributed by atoms with E-state index in [2.05, 4.69) is 33.4 Å². The van der Waals surface area contributed by atoms with Crippen LogP contribution in [0, 0.1) is 5.92 Å². The lowest BCUT2D eigenvalue weighted by Gasteiger charge is -2.39. The fourth-order valence-electron chi connectivity index (χ4n) is 4.26. The molecular formula is C21H29BrN2O3. The second-order valence-corrected chi connectivity index (χ2v) is 8.91. The Kier molecular flexibility index (Phi) is 6.58. The maximum Gasteiger partial charge on any atom is 0.243 e. The number of likely N-dealkylation sites (tertiary alicyclic amines) is 1. The van der Waals surface area contributed by atoms with Gasteiger partial charge in [0.05, 0.1) is 0 Å². The van der Waals surface area contributed by atoms with Gasteiger partial charge >= 0.3 is 0 Å². The van der Waals surface area contributed by atoms with Gasteiger partial charge in [0.2, 0.25) is 11.8 Å². The van der Waals surface area contributed by atoms with Crippen LogP contribution in [0.4, 0.5) is 0 Å². The van der Waals surface area contributed by atoms with Gasteiger partial charge in [-0.2, -0.15) is 0 Å². The molecule has 0 saturated carbocycles. The smallest absolute Gasteiger partial charge is 0.243 e. The number of nitrogens with zero attached hydrogens (tertiary/aromatic N) is 1. The minimum Gasteiger partial charge on any atom is -0.381 e. The van der Waals surface area contributed by atoms with Crippen LogP contribution in [-0.4, -0.2) is 49.1 Å². The summed E-state index contributed by atoms with van der Waals surface area (Å²) >= 11 is 3.50. The zero-order valence-corrected chi connectivity index (χ0v) is 17.8. The van der Waals surface area contributed by atoms with Gasteiger partial charge in [-0.1, -0.05) is 41.9 Å². The number of rotatable bonds is 6. The molecule has 1 unspecified atom stereocenters. The first-order chi connectivity index (χ1) is 12.9. The summed E-state index contributed by atoms with van der Waals surface area (Å²) in [6.07, 6.45) is 3.15. The lowest BCUT2D eigenvalue weighted by Crippen LogP contribution is -2.53. The molecule has 0 aliphatic carbocycles. The van der Waals surface area contributed by atoms with Gasteiger partial charge in [0, 0.05) is 42.6 Å². The van der Waals surface area contributed by atoms with Crippen LogP contribution in [0.3, 0.4) is 0 Å². The molecule has 2 fully saturated rings. The van der Waals surface area contributed by atoms with E-state index < -0.39 is 0 Å². The highest BCUT2D eigenvalue weighted by Crippen LogP contribution is 2.35. The van der Waals surface area contributed by atoms with Crippen LogP contribution in [0.5, 0.6) is 0 Å². The molecular weight excluding hydrogens is 408 g/mol. The Hall–Kier alpha value is -1.40. The van der Waals surface area contributed by atoms with Gasteiger partial charge in [-0.15, -0.1) is 0 Å². The minimum absolute atomic E-state index is 0.0387. The average molecular weight is 437 g/mol. The molecule has 1 atom stereocenters. The van der Waals surface area contributed by atoms with Gasteiger partial charge in [-0.25, -0.2) is 0 Å². The van der Waals surface area contributed by atoms with Gasteiger partial charge < -0.3 is 15.0 Å². The Labute approximate surface area is 170 Å². The van der Waals surface area contributed by atoms with Crippen molar-refractivity contribution >= 4 is 27.7 Å². The van der Waals surface area contributed by atoms with Crippen LogP contribution in [0.2, 0.25) is 0 Å². The Morgan fingerprint density at radius 2 is 1.93 bits per heavy atom. The standard InChI is InChI=1S/C21H29BrN2O3/c1-15(2)19(24-11-3-4-18(24)25)20(26)23-14-21(9-12-27-13-10-21)16-5-7-17(22)8-6-16/h5-8,15,19H,3-4,9-14H2,1-2H3,(H,23,26). The summed E-state index contributed by atoms with van der Waals surface area (Å²) in [5.41, 5.74) is 1.11. The monoisotopic (exact) mass is 436 g/mol. The van der Waals surface area contributed by atoms with Gasteiger partial charge in [-0.3, -0.25) is 9.59 Å². The number of carbonyl (C=O) groups is 2. The molecule has 1 N–H and O–H groups in total. The molecule has 2 amide bonds. The summed E-state index contributed by atoms with van der Waals surface area (Å²) in [5, 5.41) is 3.19. The zero-order chi connectivity index (χ0) is 19.4. The van der Waals surface area contributed by atoms with Crippen LogP contribution in [-0.2, 0) is 19.7 Å². The number of hydrogen-bond acceptors (Lipinski definition) is 3. The average Bonchev–Trinajstić information content (AvgIpc) is 3.07. The van der Waals surface area contributed by atoms with Crippen molar-refractivity contribution in [1.29, 1.82) is 0 Å². The third-order valence-electron chi connectivity index (χ3n) is 5.85. The number of halogens is 1. The SMILES string of the molecule is CC(C)C(C(=O)NCC1(c2ccc(Br)cc2)CCOCC1)N1CCCC1=O. The van der Waals surface area contributed by atoms with Gasteiger partial charge in [0.25, 0.3) is 0 Å². The van der Waals surface area contributed by atoms with Crippen LogP contribution < -0.4 is 5.32 Å². The normalized spacial score (nSPS) is 20.7. The van der Waals surface area contributed by atoms with Crippen molar-refractivity contribution in [3.63, 3.8) is 0 Å². The summed E-state index contributed by atoms with van der Waals surface area (Å²) < 4.78 is 6.63. The third-order valence-corrected chi connectivity index (χ3v) is 6.38. The Balaban J connectivity index is 1.75. The predicted octanol–water partition coefficient (Wildman–Crippen LogP) is 3.26. The van der Waals surface area contributed by atoms with E-state index in [9.17, 15) is 9.59 Å². The first-order valence-electron chi connectivity index (χ1n) is 9.84. The van der Waals surface area contributed by atoms with Crippen LogP contribution in [0.15, 0.2) is 28.7 Å². The van der Waals surface area contributed by atoms with Crippen molar-refractivity contribution in [2.45, 2.75) is 51.0 Å². The topological polar surface area (TPSA) is 58.6 Å². The Morgan fingerprint density at radius 3 is 2.48 bits per heavy atom. The number of amides is 2. The van der Waals surface area contributed by atoms with E-state index in [1.807, 2.05) is 26.0 Å². The van der Waals surface area contributed by atoms with Crippen LogP contribution in [0.1, 0.15) is 45.1 Å². The molecule has 0 bridgehead atoms. The molecule has 0 spiro atoms. The molecule has 1 aromatic rings. The fourth-order valence-corrected chi connectivity index (χ4v) is 4.53. The van der Waals surface area contributed by atoms with Gasteiger partial charge in [-0.05, 0) is 42.9 Å². The van der Waals surface area contributed by atoms with Crippen molar-refractivity contribution < 1.29 is 14.3 Å². The summed E-state index contributed by atoms with van der Waals surface area (Å²) in [6, 6.07) is 7.97. The van der Waals surface area contributed by atoms with E-state index in [0.717, 1.165) is 23.7 Å². The first-order valence-corrected chi connectivity index (χ1v) is 10.6. The highest BCUT2D eigenvalue weighted by molar-refractivity contribution is 9.10. The van der Waals surface area contributed by atoms with Crippen LogP contribution >= 0.6 is 15.9 Å². The van der Waals surface area contributed by atoms with Gasteiger partial charge in [0.15, 0.2) is 0 Å². The molecule has 6 heteroatoms. The van der Waals surface area contributed by atoms with Crippen molar-refractivity contribution in [1.82, 2.24) is 10.2 Å². The van der Waals surface area contributed by atoms with E-state index in [0.29, 0.717) is 32.7 Å². The second kappa shape index (κ2) is 8.74. The highest BCUT2D eigenvalue weighted by Gasteiger charge is 2.38. The summed E-state index contributed by atoms with van der Waals surface area (Å²) in [4.78, 5) is 27.0. The van der Waals surface area contributed by atoms with E-state index >= 15 is 0 Å². The largest absolute Gasteiger partial charge is 0.381 e. The number of hydrogen-bond donors (Lipinski definition) is 1. The molecule has 148 valence electrons. The quantitative estimate of drug-likeness (QED) is 0.744. The maximum absolute atomic E-state index is 13.0. The van der Waals surface area contributed by atoms with Crippen molar-refractivity contribution in [3.05, 3.63) is 34.3 Å². The summed E-state index contributed by atoms with van der Waals surface area (Å²) in [7, 11) is 0. The molecule has 1 aromatic carbocycles. The van der Waals surface area contributed by atoms with E-state index in [1.54, 1.807) is 4.90 Å². The molecule has 5 nitrogen and oxygen atoms in total. The molecule has 27 heavy (non-hydrogen) atoms. The molecule has 3 rings (SSSR count). The van der Waals surface area contributed by atoms with E-state index in [1.165, 1.54) is 5.56 Å². The summed E-state index contributed by atoms with van der Waals surface area (Å²) in [5.74, 6) is 0.145. The van der Waals surface area contributed by atoms with Crippen molar-refractivity contribution in [2.24, 2.45) is 5.92 Å². The number of ether oxygens (including phenoxy) is 1. The third kappa shape index (κ3) is 4.54. The van der Waals surface area contributed by atoms with Crippen molar-refractivity contribution in [3.8, 4) is 0 Å². The molecule has 2 heterocycles. The van der Waals surface area contributed by atoms with Crippen molar-refractivity contribution in [2.75, 3.05) is 26.3 Å². The van der Waals surface area contributed by atoms with E-state index in [4.69, 9.17) is 4.74 Å². The summed E-state index contributed by atoms with van der Waals surface area (Å²) in [6.45, 7) is 6.67. The Bertz CT molecular complexity index is 669. The lowest BCUT2D eigenvalue weighted by atomic mass is 9.74. The fraction of sp³-hybridized carbons (Fsp3) is 0.619. The molecule has 2 aliphatic rings. The number of carbonyl (C=O) groups excluding carboxylic acids is 2. The molecule has 2 saturated heterocycles.